The van der Waals surface area contributed by atoms with Gasteiger partial charge in [0.25, 0.3) is 0 Å². The molecule has 0 heterocycles. The van der Waals surface area contributed by atoms with E-state index >= 15 is 0 Å². The van der Waals surface area contributed by atoms with Crippen LogP contribution in [0.25, 0.3) is 0 Å². The zero-order valence-corrected chi connectivity index (χ0v) is 16.0. The maximum absolute atomic E-state index is 8.53. The predicted molar refractivity (Wildman–Crippen MR) is 105 cm³/mol. The number of hydrogen-bond donors (Lipinski definition) is 0. The lowest BCUT2D eigenvalue weighted by atomic mass is 10.0. The van der Waals surface area contributed by atoms with Crippen LogP contribution in [0.1, 0.15) is 129 Å². The summed E-state index contributed by atoms with van der Waals surface area (Å²) in [5.74, 6) is 0. The van der Waals surface area contributed by atoms with Gasteiger partial charge in [-0.15, -0.1) is 0 Å². The first kappa shape index (κ1) is 22.5. The molecule has 0 rings (SSSR count). The molecule has 0 unspecified atom stereocenters. The Hall–Kier alpha value is -0.460. The molecule has 0 bridgehead atoms. The van der Waals surface area contributed by atoms with E-state index in [1.165, 1.54) is 122 Å². The summed E-state index contributed by atoms with van der Waals surface area (Å²) in [5, 5.41) is 0. The zero-order chi connectivity index (χ0) is 16.8. The molecular formula is C22H43N. The number of unbranched alkanes of at least 4 members (excludes halogenated alkanes) is 18. The van der Waals surface area contributed by atoms with E-state index in [4.69, 9.17) is 5.73 Å². The first-order valence-electron chi connectivity index (χ1n) is 10.7. The van der Waals surface area contributed by atoms with E-state index in [9.17, 15) is 0 Å². The molecule has 0 amide bonds. The highest BCUT2D eigenvalue weighted by Crippen LogP contribution is 2.14. The highest BCUT2D eigenvalue weighted by molar-refractivity contribution is 4.74. The van der Waals surface area contributed by atoms with Gasteiger partial charge in [-0.05, 0) is 12.8 Å². The van der Waals surface area contributed by atoms with Gasteiger partial charge in [0, 0.05) is 6.20 Å². The smallest absolute Gasteiger partial charge is 0.0455 e. The third-order valence-corrected chi connectivity index (χ3v) is 4.83. The molecule has 0 aromatic rings. The number of rotatable bonds is 19. The average molecular weight is 322 g/mol. The fourth-order valence-corrected chi connectivity index (χ4v) is 3.24. The molecule has 0 saturated heterocycles. The molecule has 23 heavy (non-hydrogen) atoms. The van der Waals surface area contributed by atoms with Crippen molar-refractivity contribution in [1.29, 1.82) is 0 Å². The van der Waals surface area contributed by atoms with Crippen molar-refractivity contribution in [2.45, 2.75) is 129 Å². The Morgan fingerprint density at radius 1 is 0.478 bits per heavy atom. The van der Waals surface area contributed by atoms with Crippen LogP contribution in [0.15, 0.2) is 12.3 Å². The molecule has 0 saturated carbocycles. The Labute approximate surface area is 147 Å². The van der Waals surface area contributed by atoms with Crippen LogP contribution in [0, 0.1) is 0 Å². The summed E-state index contributed by atoms with van der Waals surface area (Å²) in [6.07, 6.45) is 29.7. The molecule has 1 nitrogen and oxygen atoms in total. The van der Waals surface area contributed by atoms with Gasteiger partial charge in [-0.25, -0.2) is 0 Å². The summed E-state index contributed by atoms with van der Waals surface area (Å²) in [5.41, 5.74) is 8.53. The van der Waals surface area contributed by atoms with E-state index in [1.54, 1.807) is 0 Å². The fraction of sp³-hybridized carbons (Fsp3) is 0.909. The number of hydrogen-bond acceptors (Lipinski definition) is 0. The minimum Gasteiger partial charge on any atom is -0.160 e. The highest BCUT2D eigenvalue weighted by Gasteiger charge is 1.94. The second-order valence-corrected chi connectivity index (χ2v) is 7.18. The van der Waals surface area contributed by atoms with E-state index in [1.807, 2.05) is 6.08 Å². The third kappa shape index (κ3) is 21.5. The molecule has 0 aromatic carbocycles. The van der Waals surface area contributed by atoms with E-state index in [0.717, 1.165) is 6.42 Å². The summed E-state index contributed by atoms with van der Waals surface area (Å²) in [4.78, 5) is 0. The van der Waals surface area contributed by atoms with Crippen LogP contribution in [0.3, 0.4) is 0 Å². The molecule has 0 atom stereocenters. The topological polar surface area (TPSA) is 22.3 Å². The van der Waals surface area contributed by atoms with Gasteiger partial charge in [-0.3, -0.25) is 0 Å². The van der Waals surface area contributed by atoms with Crippen molar-refractivity contribution in [3.8, 4) is 0 Å². The third-order valence-electron chi connectivity index (χ3n) is 4.83. The van der Waals surface area contributed by atoms with Gasteiger partial charge in [-0.2, -0.15) is 5.73 Å². The summed E-state index contributed by atoms with van der Waals surface area (Å²) in [6.45, 7) is 2.29. The van der Waals surface area contributed by atoms with Crippen molar-refractivity contribution in [3.63, 3.8) is 0 Å². The minimum absolute atomic E-state index is 1.04. The fourth-order valence-electron chi connectivity index (χ4n) is 3.24. The van der Waals surface area contributed by atoms with Crippen LogP contribution >= 0.6 is 0 Å². The van der Waals surface area contributed by atoms with Crippen molar-refractivity contribution in [2.24, 2.45) is 0 Å². The number of allylic oxidation sites excluding steroid dienone is 1. The molecule has 0 aromatic heterocycles. The van der Waals surface area contributed by atoms with Crippen LogP contribution in [0.4, 0.5) is 0 Å². The maximum atomic E-state index is 8.53. The maximum Gasteiger partial charge on any atom is 0.0455 e. The van der Waals surface area contributed by atoms with Gasteiger partial charge < -0.3 is 0 Å². The van der Waals surface area contributed by atoms with Crippen LogP contribution in [-0.4, -0.2) is 0 Å². The summed E-state index contributed by atoms with van der Waals surface area (Å²) >= 11 is 0. The highest BCUT2D eigenvalue weighted by atomic mass is 14.5. The van der Waals surface area contributed by atoms with Crippen LogP contribution in [0.5, 0.6) is 0 Å². The molecule has 0 spiro atoms. The van der Waals surface area contributed by atoms with Crippen LogP contribution < -0.4 is 5.73 Å². The van der Waals surface area contributed by atoms with Gasteiger partial charge >= 0.3 is 0 Å². The number of nitrogens with zero attached hydrogens (tertiary/aromatic N) is 1. The monoisotopic (exact) mass is 321 g/mol. The van der Waals surface area contributed by atoms with Gasteiger partial charge in [0.2, 0.25) is 0 Å². The zero-order valence-electron chi connectivity index (χ0n) is 16.0. The molecule has 2 radical (unpaired) electrons. The molecule has 136 valence electrons. The first-order chi connectivity index (χ1) is 11.4. The predicted octanol–water partition coefficient (Wildman–Crippen LogP) is 8.00. The summed E-state index contributed by atoms with van der Waals surface area (Å²) in [7, 11) is 0. The molecule has 0 N–H and O–H groups in total. The van der Waals surface area contributed by atoms with Crippen LogP contribution in [0.2, 0.25) is 0 Å². The van der Waals surface area contributed by atoms with Gasteiger partial charge in [0.05, 0.1) is 0 Å². The van der Waals surface area contributed by atoms with Crippen molar-refractivity contribution >= 4 is 0 Å². The second-order valence-electron chi connectivity index (χ2n) is 7.18. The SMILES string of the molecule is CCCCCCCCCCCCCCCCCCCC/C=C/[N]. The van der Waals surface area contributed by atoms with Crippen molar-refractivity contribution in [2.75, 3.05) is 0 Å². The Morgan fingerprint density at radius 3 is 1.09 bits per heavy atom. The van der Waals surface area contributed by atoms with Crippen molar-refractivity contribution in [3.05, 3.63) is 12.3 Å². The van der Waals surface area contributed by atoms with Crippen molar-refractivity contribution in [1.82, 2.24) is 5.73 Å². The molecule has 0 aliphatic rings. The Morgan fingerprint density at radius 2 is 0.783 bits per heavy atom. The quantitative estimate of drug-likeness (QED) is 0.215. The lowest BCUT2D eigenvalue weighted by Crippen LogP contribution is -1.84. The molecule has 1 heteroatoms. The van der Waals surface area contributed by atoms with Gasteiger partial charge in [0.1, 0.15) is 0 Å². The largest absolute Gasteiger partial charge is 0.160 e. The Bertz CT molecular complexity index is 222. The molecule has 0 aliphatic heterocycles. The summed E-state index contributed by atoms with van der Waals surface area (Å²) in [6, 6.07) is 0. The van der Waals surface area contributed by atoms with Gasteiger partial charge in [0.15, 0.2) is 0 Å². The van der Waals surface area contributed by atoms with E-state index in [0.29, 0.717) is 0 Å². The lowest BCUT2D eigenvalue weighted by molar-refractivity contribution is 0.525. The normalized spacial score (nSPS) is 11.5. The first-order valence-corrected chi connectivity index (χ1v) is 10.7. The second kappa shape index (κ2) is 21.5. The van der Waals surface area contributed by atoms with E-state index in [-0.39, 0.29) is 0 Å². The summed E-state index contributed by atoms with van der Waals surface area (Å²) < 4.78 is 0. The lowest BCUT2D eigenvalue weighted by Gasteiger charge is -2.03. The molecular weight excluding hydrogens is 278 g/mol. The van der Waals surface area contributed by atoms with Crippen LogP contribution in [-0.2, 0) is 0 Å². The minimum atomic E-state index is 1.04. The Balaban J connectivity index is 2.95. The Kier molecular flexibility index (Phi) is 21.1. The average Bonchev–Trinajstić information content (AvgIpc) is 2.57. The van der Waals surface area contributed by atoms with E-state index < -0.39 is 0 Å². The molecule has 0 fully saturated rings. The van der Waals surface area contributed by atoms with E-state index in [2.05, 4.69) is 6.92 Å². The standard InChI is InChI=1S/C22H43N/c1-2-3-4-5-6-7-8-9-10-11-12-13-14-15-16-17-18-19-20-21-22-23/h21-22H,2-20H2,1H3/b22-21+. The van der Waals surface area contributed by atoms with Crippen molar-refractivity contribution < 1.29 is 0 Å². The molecule has 0 aliphatic carbocycles. The van der Waals surface area contributed by atoms with Gasteiger partial charge in [-0.1, -0.05) is 122 Å².